The molecule has 0 bridgehead atoms. The summed E-state index contributed by atoms with van der Waals surface area (Å²) in [7, 11) is 0. The van der Waals surface area contributed by atoms with Crippen LogP contribution >= 0.6 is 0 Å². The van der Waals surface area contributed by atoms with Crippen LogP contribution in [0.25, 0.3) is 0 Å². The van der Waals surface area contributed by atoms with Crippen LogP contribution in [0.2, 0.25) is 0 Å². The van der Waals surface area contributed by atoms with Gasteiger partial charge in [0.1, 0.15) is 6.04 Å². The van der Waals surface area contributed by atoms with Gasteiger partial charge in [-0.25, -0.2) is 0 Å². The normalized spacial score (nSPS) is 18.6. The Morgan fingerprint density at radius 1 is 0.808 bits per heavy atom. The van der Waals surface area contributed by atoms with Gasteiger partial charge in [-0.1, -0.05) is 91.0 Å². The largest absolute Gasteiger partial charge is 1.00 e. The van der Waals surface area contributed by atoms with E-state index in [0.717, 1.165) is 16.7 Å². The van der Waals surface area contributed by atoms with Crippen LogP contribution in [0.15, 0.2) is 91.0 Å². The van der Waals surface area contributed by atoms with Crippen LogP contribution < -0.4 is 18.9 Å². The Kier molecular flexibility index (Phi) is 5.34. The van der Waals surface area contributed by atoms with E-state index >= 15 is 0 Å². The maximum atomic E-state index is 11.7. The molecular weight excluding hydrogens is 317 g/mol. The first-order valence-corrected chi connectivity index (χ1v) is 8.40. The summed E-state index contributed by atoms with van der Waals surface area (Å²) >= 11 is 0. The third kappa shape index (κ3) is 2.99. The molecular formula is C22H20LiNO2. The van der Waals surface area contributed by atoms with Gasteiger partial charge in [-0.15, -0.1) is 0 Å². The molecule has 2 atom stereocenters. The van der Waals surface area contributed by atoms with Gasteiger partial charge in [0.05, 0.1) is 5.54 Å². The van der Waals surface area contributed by atoms with Crippen molar-refractivity contribution in [2.24, 2.45) is 0 Å². The number of carboxylic acid groups (broad SMARTS) is 1. The molecule has 1 unspecified atom stereocenters. The molecule has 1 aliphatic rings. The number of hydrogen-bond acceptors (Lipinski definition) is 2. The number of nitrogens with zero attached hydrogens (tertiary/aromatic N) is 1. The average Bonchev–Trinajstić information content (AvgIpc) is 3.47. The number of hydrogen-bond donors (Lipinski definition) is 1. The second-order valence-electron chi connectivity index (χ2n) is 6.31. The van der Waals surface area contributed by atoms with Gasteiger partial charge in [0.25, 0.3) is 0 Å². The quantitative estimate of drug-likeness (QED) is 0.427. The molecule has 1 aliphatic heterocycles. The third-order valence-corrected chi connectivity index (χ3v) is 4.90. The van der Waals surface area contributed by atoms with Crippen LogP contribution in [0.4, 0.5) is 0 Å². The Hall–Kier alpha value is -2.31. The number of rotatable bonds is 5. The summed E-state index contributed by atoms with van der Waals surface area (Å²) in [5, 5.41) is 9.59. The second-order valence-corrected chi connectivity index (χ2v) is 6.31. The van der Waals surface area contributed by atoms with E-state index in [9.17, 15) is 9.90 Å². The van der Waals surface area contributed by atoms with Gasteiger partial charge >= 0.3 is 24.8 Å². The molecule has 1 N–H and O–H groups in total. The molecule has 3 aromatic carbocycles. The van der Waals surface area contributed by atoms with Crippen molar-refractivity contribution in [3.8, 4) is 0 Å². The molecule has 126 valence electrons. The van der Waals surface area contributed by atoms with Gasteiger partial charge in [-0.05, 0) is 16.7 Å². The first-order valence-electron chi connectivity index (χ1n) is 8.40. The predicted molar refractivity (Wildman–Crippen MR) is 98.4 cm³/mol. The van der Waals surface area contributed by atoms with Gasteiger partial charge in [0.15, 0.2) is 0 Å². The van der Waals surface area contributed by atoms with Crippen molar-refractivity contribution in [1.29, 1.82) is 0 Å². The molecule has 4 rings (SSSR count). The Balaban J connectivity index is 0.00000131. The average molecular weight is 337 g/mol. The monoisotopic (exact) mass is 337 g/mol. The van der Waals surface area contributed by atoms with E-state index in [1.165, 1.54) is 0 Å². The van der Waals surface area contributed by atoms with E-state index in [1.54, 1.807) is 0 Å². The van der Waals surface area contributed by atoms with E-state index in [-0.39, 0.29) is 20.3 Å². The maximum absolute atomic E-state index is 11.7. The Labute approximate surface area is 166 Å². The molecule has 0 aromatic heterocycles. The van der Waals surface area contributed by atoms with Crippen molar-refractivity contribution in [2.75, 3.05) is 6.54 Å². The predicted octanol–water partition coefficient (Wildman–Crippen LogP) is 0.864. The summed E-state index contributed by atoms with van der Waals surface area (Å²) in [4.78, 5) is 13.7. The summed E-state index contributed by atoms with van der Waals surface area (Å²) in [5.41, 5.74) is 2.63. The van der Waals surface area contributed by atoms with Crippen molar-refractivity contribution in [3.63, 3.8) is 0 Å². The first kappa shape index (κ1) is 18.5. The molecule has 0 amide bonds. The van der Waals surface area contributed by atoms with E-state index in [4.69, 9.17) is 0 Å². The van der Waals surface area contributed by atoms with Crippen LogP contribution in [0.5, 0.6) is 0 Å². The summed E-state index contributed by atoms with van der Waals surface area (Å²) in [6, 6.07) is 30.0. The molecule has 3 nitrogen and oxygen atoms in total. The minimum absolute atomic E-state index is 0. The molecule has 4 heteroatoms. The molecule has 1 heterocycles. The molecule has 0 radical (unpaired) electrons. The van der Waals surface area contributed by atoms with E-state index in [1.807, 2.05) is 54.6 Å². The smallest absolute Gasteiger partial charge is 1.00 e. The maximum Gasteiger partial charge on any atom is 1.00 e. The first-order chi connectivity index (χ1) is 12.2. The van der Waals surface area contributed by atoms with Crippen molar-refractivity contribution < 1.29 is 30.2 Å². The molecule has 0 spiro atoms. The Morgan fingerprint density at radius 3 is 1.42 bits per heavy atom. The van der Waals surface area contributed by atoms with Gasteiger partial charge in [0, 0.05) is 6.54 Å². The van der Waals surface area contributed by atoms with Crippen molar-refractivity contribution >= 4 is 5.97 Å². The van der Waals surface area contributed by atoms with Crippen LogP contribution in [0.3, 0.4) is 0 Å². The van der Waals surface area contributed by atoms with Crippen LogP contribution in [-0.2, 0) is 10.3 Å². The standard InChI is InChI=1S/C22H19NO2.Li.H/c24-21(25)20-16-23(20)22(17-10-4-1-5-11-17,18-12-6-2-7-13-18)19-14-8-3-9-15-19;;/h1-15,20H,16H2,(H,24,25);;/q;+1;-1/t20-,23?;;/m1../s1. The number of benzene rings is 3. The van der Waals surface area contributed by atoms with E-state index in [0.29, 0.717) is 6.54 Å². The summed E-state index contributed by atoms with van der Waals surface area (Å²) in [5.74, 6) is -0.771. The molecule has 3 aromatic rings. The van der Waals surface area contributed by atoms with E-state index in [2.05, 4.69) is 41.3 Å². The van der Waals surface area contributed by atoms with Gasteiger partial charge in [-0.2, -0.15) is 0 Å². The van der Waals surface area contributed by atoms with Crippen molar-refractivity contribution in [2.45, 2.75) is 11.6 Å². The van der Waals surface area contributed by atoms with Crippen LogP contribution in [0.1, 0.15) is 18.1 Å². The van der Waals surface area contributed by atoms with Gasteiger partial charge in [-0.3, -0.25) is 9.69 Å². The number of carbonyl (C=O) groups is 1. The molecule has 0 saturated carbocycles. The number of aliphatic carboxylic acids is 1. The fraction of sp³-hybridized carbons (Fsp3) is 0.136. The van der Waals surface area contributed by atoms with Gasteiger partial charge < -0.3 is 6.53 Å². The molecule has 0 aliphatic carbocycles. The van der Waals surface area contributed by atoms with Crippen molar-refractivity contribution in [1.82, 2.24) is 4.90 Å². The fourth-order valence-corrected chi connectivity index (χ4v) is 3.76. The molecule has 1 fully saturated rings. The van der Waals surface area contributed by atoms with Crippen LogP contribution in [0, 0.1) is 0 Å². The zero-order valence-corrected chi connectivity index (χ0v) is 14.7. The molecule has 26 heavy (non-hydrogen) atoms. The summed E-state index contributed by atoms with van der Waals surface area (Å²) in [6.07, 6.45) is 0. The zero-order chi connectivity index (χ0) is 17.3. The summed E-state index contributed by atoms with van der Waals surface area (Å²) in [6.45, 7) is 0.536. The zero-order valence-electron chi connectivity index (χ0n) is 15.7. The summed E-state index contributed by atoms with van der Waals surface area (Å²) < 4.78 is 0. The second kappa shape index (κ2) is 7.51. The van der Waals surface area contributed by atoms with Crippen molar-refractivity contribution in [3.05, 3.63) is 108 Å². The minimum atomic E-state index is -0.771. The fourth-order valence-electron chi connectivity index (χ4n) is 3.76. The topological polar surface area (TPSA) is 40.3 Å². The Morgan fingerprint density at radius 2 is 1.15 bits per heavy atom. The minimum Gasteiger partial charge on any atom is -1.00 e. The van der Waals surface area contributed by atoms with Gasteiger partial charge in [0.2, 0.25) is 0 Å². The van der Waals surface area contributed by atoms with Crippen LogP contribution in [-0.4, -0.2) is 28.6 Å². The van der Waals surface area contributed by atoms with E-state index < -0.39 is 17.6 Å². The third-order valence-electron chi connectivity index (χ3n) is 4.90. The Bertz CT molecular complexity index is 778. The molecule has 1 saturated heterocycles. The SMILES string of the molecule is O=C(O)[C@H]1CN1C(c1ccccc1)(c1ccccc1)c1ccccc1.[H-].[Li+]. The number of carboxylic acids is 1.